The van der Waals surface area contributed by atoms with Crippen molar-refractivity contribution < 1.29 is 18.7 Å². The molecular formula is C22H21FN4O3. The van der Waals surface area contributed by atoms with Crippen LogP contribution in [0.3, 0.4) is 0 Å². The van der Waals surface area contributed by atoms with Crippen molar-refractivity contribution in [1.29, 1.82) is 0 Å². The maximum Gasteiger partial charge on any atom is 0.255 e. The molecule has 0 radical (unpaired) electrons. The molecular weight excluding hydrogens is 387 g/mol. The number of halogens is 1. The van der Waals surface area contributed by atoms with E-state index in [1.54, 1.807) is 36.7 Å². The highest BCUT2D eigenvalue weighted by atomic mass is 19.1. The smallest absolute Gasteiger partial charge is 0.255 e. The summed E-state index contributed by atoms with van der Waals surface area (Å²) in [4.78, 5) is 23.4. The first-order chi connectivity index (χ1) is 14.6. The second kappa shape index (κ2) is 8.87. The lowest BCUT2D eigenvalue weighted by molar-refractivity contribution is 0.102. The number of rotatable bonds is 5. The number of methoxy groups -OCH3 is 1. The normalized spacial score (nSPS) is 13.7. The minimum atomic E-state index is -0.539. The highest BCUT2D eigenvalue weighted by Crippen LogP contribution is 2.26. The Balaban J connectivity index is 1.46. The summed E-state index contributed by atoms with van der Waals surface area (Å²) in [6.45, 7) is 2.50. The summed E-state index contributed by atoms with van der Waals surface area (Å²) in [6.07, 6.45) is 3.45. The second-order valence-electron chi connectivity index (χ2n) is 6.85. The minimum Gasteiger partial charge on any atom is -0.494 e. The van der Waals surface area contributed by atoms with Crippen LogP contribution in [0.5, 0.6) is 11.5 Å². The van der Waals surface area contributed by atoms with Gasteiger partial charge < -0.3 is 14.8 Å². The Hall–Kier alpha value is -3.52. The van der Waals surface area contributed by atoms with Gasteiger partial charge in [0, 0.05) is 48.4 Å². The summed E-state index contributed by atoms with van der Waals surface area (Å²) in [5.74, 6) is 0.661. The summed E-state index contributed by atoms with van der Waals surface area (Å²) in [7, 11) is 1.39. The van der Waals surface area contributed by atoms with Crippen molar-refractivity contribution in [2.75, 3.05) is 25.6 Å². The van der Waals surface area contributed by atoms with Crippen LogP contribution in [0.4, 0.5) is 10.1 Å². The zero-order valence-corrected chi connectivity index (χ0v) is 16.5. The van der Waals surface area contributed by atoms with Crippen LogP contribution in [0.1, 0.15) is 21.7 Å². The number of nitrogens with one attached hydrogen (secondary N) is 1. The van der Waals surface area contributed by atoms with E-state index in [9.17, 15) is 9.18 Å². The van der Waals surface area contributed by atoms with Gasteiger partial charge in [-0.15, -0.1) is 0 Å². The van der Waals surface area contributed by atoms with E-state index in [0.29, 0.717) is 36.7 Å². The molecule has 0 unspecified atom stereocenters. The molecule has 0 atom stereocenters. The van der Waals surface area contributed by atoms with Gasteiger partial charge in [0.2, 0.25) is 0 Å². The number of carbonyl (C=O) groups excluding carboxylic acids is 1. The van der Waals surface area contributed by atoms with Crippen molar-refractivity contribution in [3.8, 4) is 11.5 Å². The Bertz CT molecular complexity index is 1050. The Morgan fingerprint density at radius 1 is 1.23 bits per heavy atom. The maximum atomic E-state index is 13.9. The Morgan fingerprint density at radius 3 is 2.83 bits per heavy atom. The van der Waals surface area contributed by atoms with Gasteiger partial charge >= 0.3 is 0 Å². The maximum absolute atomic E-state index is 13.9. The molecule has 1 aliphatic heterocycles. The zero-order chi connectivity index (χ0) is 20.9. The van der Waals surface area contributed by atoms with Crippen LogP contribution in [0.25, 0.3) is 0 Å². The van der Waals surface area contributed by atoms with Gasteiger partial charge in [-0.3, -0.25) is 9.69 Å². The van der Waals surface area contributed by atoms with Gasteiger partial charge in [-0.25, -0.2) is 14.4 Å². The van der Waals surface area contributed by atoms with E-state index in [1.165, 1.54) is 19.2 Å². The summed E-state index contributed by atoms with van der Waals surface area (Å²) < 4.78 is 24.6. The highest BCUT2D eigenvalue weighted by Gasteiger charge is 2.18. The lowest BCUT2D eigenvalue weighted by Gasteiger charge is -2.18. The Morgan fingerprint density at radius 2 is 2.07 bits per heavy atom. The van der Waals surface area contributed by atoms with Crippen LogP contribution in [0, 0.1) is 5.82 Å². The molecule has 1 aromatic heterocycles. The first-order valence-corrected chi connectivity index (χ1v) is 9.51. The van der Waals surface area contributed by atoms with E-state index in [0.717, 1.165) is 17.9 Å². The van der Waals surface area contributed by atoms with Crippen molar-refractivity contribution in [2.45, 2.75) is 13.1 Å². The average Bonchev–Trinajstić information content (AvgIpc) is 2.95. The molecule has 0 saturated heterocycles. The van der Waals surface area contributed by atoms with Gasteiger partial charge in [0.1, 0.15) is 18.2 Å². The van der Waals surface area contributed by atoms with Gasteiger partial charge in [0.15, 0.2) is 11.6 Å². The number of ether oxygens (including phenoxy) is 2. The molecule has 0 saturated carbocycles. The molecule has 2 heterocycles. The monoisotopic (exact) mass is 408 g/mol. The molecule has 0 bridgehead atoms. The van der Waals surface area contributed by atoms with Gasteiger partial charge in [-0.1, -0.05) is 6.07 Å². The highest BCUT2D eigenvalue weighted by molar-refractivity contribution is 6.04. The lowest BCUT2D eigenvalue weighted by atomic mass is 10.1. The molecule has 4 rings (SSSR count). The first kappa shape index (κ1) is 19.8. The van der Waals surface area contributed by atoms with Crippen LogP contribution >= 0.6 is 0 Å². The van der Waals surface area contributed by atoms with Gasteiger partial charge in [-0.2, -0.15) is 0 Å². The van der Waals surface area contributed by atoms with Gasteiger partial charge in [-0.05, 0) is 30.3 Å². The molecule has 1 N–H and O–H groups in total. The van der Waals surface area contributed by atoms with E-state index in [4.69, 9.17) is 9.47 Å². The van der Waals surface area contributed by atoms with Crippen molar-refractivity contribution in [1.82, 2.24) is 14.9 Å². The summed E-state index contributed by atoms with van der Waals surface area (Å²) in [6, 6.07) is 11.4. The number of hydrogen-bond donors (Lipinski definition) is 1. The number of fused-ring (bicyclic) bond motifs is 1. The van der Waals surface area contributed by atoms with E-state index in [1.807, 2.05) is 6.07 Å². The van der Waals surface area contributed by atoms with E-state index < -0.39 is 5.82 Å². The fourth-order valence-corrected chi connectivity index (χ4v) is 3.26. The number of aromatic nitrogens is 2. The number of amides is 1. The molecule has 1 amide bonds. The van der Waals surface area contributed by atoms with Gasteiger partial charge in [0.05, 0.1) is 13.7 Å². The van der Waals surface area contributed by atoms with E-state index in [2.05, 4.69) is 20.2 Å². The molecule has 3 aromatic rings. The summed E-state index contributed by atoms with van der Waals surface area (Å²) >= 11 is 0. The lowest BCUT2D eigenvalue weighted by Crippen LogP contribution is -2.26. The second-order valence-corrected chi connectivity index (χ2v) is 6.85. The molecule has 7 nitrogen and oxygen atoms in total. The van der Waals surface area contributed by atoms with Crippen LogP contribution in [-0.2, 0) is 13.1 Å². The van der Waals surface area contributed by atoms with E-state index in [-0.39, 0.29) is 11.7 Å². The quantitative estimate of drug-likeness (QED) is 0.698. The number of nitrogens with zero attached hydrogens (tertiary/aromatic N) is 3. The summed E-state index contributed by atoms with van der Waals surface area (Å²) in [5, 5.41) is 2.70. The minimum absolute atomic E-state index is 0.122. The number of benzene rings is 2. The standard InChI is InChI=1S/C22H21FN4O3/c1-29-19-6-5-17(12-18(19)23)26-22(28)15-3-4-16-13-27(9-10-30-20(16)11-15)14-21-24-7-2-8-25-21/h2-8,11-12H,9-10,13-14H2,1H3,(H,26,28). The molecule has 0 spiro atoms. The van der Waals surface area contributed by atoms with Crippen LogP contribution in [0.2, 0.25) is 0 Å². The number of anilines is 1. The average molecular weight is 408 g/mol. The van der Waals surface area contributed by atoms with Crippen LogP contribution in [-0.4, -0.2) is 41.0 Å². The fourth-order valence-electron chi connectivity index (χ4n) is 3.26. The molecule has 8 heteroatoms. The third-order valence-corrected chi connectivity index (χ3v) is 4.78. The van der Waals surface area contributed by atoms with Crippen LogP contribution in [0.15, 0.2) is 54.9 Å². The molecule has 0 aliphatic carbocycles. The van der Waals surface area contributed by atoms with Crippen molar-refractivity contribution in [3.63, 3.8) is 0 Å². The SMILES string of the molecule is COc1ccc(NC(=O)c2ccc3c(c2)OCCN(Cc2ncccn2)C3)cc1F. The number of carbonyl (C=O) groups is 1. The fraction of sp³-hybridized carbons (Fsp3) is 0.227. The first-order valence-electron chi connectivity index (χ1n) is 9.51. The molecule has 0 fully saturated rings. The van der Waals surface area contributed by atoms with Crippen molar-refractivity contribution in [2.24, 2.45) is 0 Å². The molecule has 1 aliphatic rings. The largest absolute Gasteiger partial charge is 0.494 e. The predicted octanol–water partition coefficient (Wildman–Crippen LogP) is 3.27. The van der Waals surface area contributed by atoms with Crippen molar-refractivity contribution in [3.05, 3.63) is 77.6 Å². The van der Waals surface area contributed by atoms with Gasteiger partial charge in [0.25, 0.3) is 5.91 Å². The molecule has 154 valence electrons. The zero-order valence-electron chi connectivity index (χ0n) is 16.5. The molecule has 30 heavy (non-hydrogen) atoms. The number of hydrogen-bond acceptors (Lipinski definition) is 6. The Kier molecular flexibility index (Phi) is 5.85. The van der Waals surface area contributed by atoms with E-state index >= 15 is 0 Å². The third-order valence-electron chi connectivity index (χ3n) is 4.78. The van der Waals surface area contributed by atoms with Crippen LogP contribution < -0.4 is 14.8 Å². The molecule has 2 aromatic carbocycles. The Labute approximate surface area is 173 Å². The predicted molar refractivity (Wildman–Crippen MR) is 109 cm³/mol. The summed E-state index contributed by atoms with van der Waals surface area (Å²) in [5.41, 5.74) is 1.77. The van der Waals surface area contributed by atoms with Crippen molar-refractivity contribution >= 4 is 11.6 Å². The topological polar surface area (TPSA) is 76.6 Å². The third kappa shape index (κ3) is 4.55.